The van der Waals surface area contributed by atoms with Crippen molar-refractivity contribution in [2.75, 3.05) is 67.9 Å². The molecule has 7 heterocycles. The Morgan fingerprint density at radius 3 is 2.21 bits per heavy atom. The van der Waals surface area contributed by atoms with Crippen LogP contribution in [0, 0.1) is 12.3 Å². The molecule has 1 saturated carbocycles. The lowest BCUT2D eigenvalue weighted by atomic mass is 9.82. The van der Waals surface area contributed by atoms with Gasteiger partial charge in [0.25, 0.3) is 0 Å². The van der Waals surface area contributed by atoms with Crippen molar-refractivity contribution in [2.24, 2.45) is 5.41 Å². The number of aryl methyl sites for hydroxylation is 1. The van der Waals surface area contributed by atoms with Gasteiger partial charge in [0.15, 0.2) is 5.82 Å². The number of nitrogens with two attached hydrogens (primary N) is 1. The van der Waals surface area contributed by atoms with Gasteiger partial charge < -0.3 is 41.3 Å². The molecule has 3 amide bonds. The summed E-state index contributed by atoms with van der Waals surface area (Å²) in [6.07, 6.45) is 9.81. The fraction of sp³-hybridized carbons (Fsp3) is 0.519. The number of nitrogens with one attached hydrogen (secondary N) is 2. The maximum absolute atomic E-state index is 14.3. The van der Waals surface area contributed by atoms with E-state index in [0.29, 0.717) is 29.0 Å². The number of hydrogen-bond donors (Lipinski definition) is 5. The molecule has 0 spiro atoms. The summed E-state index contributed by atoms with van der Waals surface area (Å²) in [5.74, 6) is 0.814. The number of likely N-dealkylation sites (tertiary alicyclic amines) is 1. The minimum absolute atomic E-state index is 0.0286. The molecule has 2 aromatic carbocycles. The van der Waals surface area contributed by atoms with Crippen LogP contribution in [0.4, 0.5) is 17.5 Å². The molecule has 386 valence electrons. The van der Waals surface area contributed by atoms with Crippen LogP contribution >= 0.6 is 11.3 Å². The summed E-state index contributed by atoms with van der Waals surface area (Å²) >= 11 is 1.59. The SMILES string of the molecule is Cc1ncsc1-c1ccc(CNC(=O)[C@@H]2C[C@@H](O)CN2C(=O)C(NC(=O)CN2CCN([C@H]3CC[C@H](c4cnc(N5C6CCC5CN(c5cc(-c7ccccc7O)nnc5N)C6)nc4)CC3)CC2)C(C)(C)C)cc1. The quantitative estimate of drug-likeness (QED) is 0.105. The molecule has 4 saturated heterocycles. The number of aromatic hydroxyl groups is 1. The van der Waals surface area contributed by atoms with Gasteiger partial charge in [0.1, 0.15) is 17.8 Å². The van der Waals surface area contributed by atoms with Crippen molar-refractivity contribution in [3.63, 3.8) is 0 Å². The number of fused-ring (bicyclic) bond motifs is 2. The minimum atomic E-state index is -0.878. The maximum Gasteiger partial charge on any atom is 0.246 e. The number of thiazole rings is 1. The first kappa shape index (κ1) is 50.3. The zero-order chi connectivity index (χ0) is 51.0. The number of aliphatic hydroxyl groups is 1. The number of rotatable bonds is 13. The smallest absolute Gasteiger partial charge is 0.246 e. The third-order valence-electron chi connectivity index (χ3n) is 15.9. The molecule has 6 N–H and O–H groups in total. The van der Waals surface area contributed by atoms with E-state index in [9.17, 15) is 24.6 Å². The predicted octanol–water partition coefficient (Wildman–Crippen LogP) is 4.96. The molecule has 2 bridgehead atoms. The molecule has 5 fully saturated rings. The Kier molecular flexibility index (Phi) is 14.7. The molecular formula is C54H69N13O5S. The first-order chi connectivity index (χ1) is 35.2. The van der Waals surface area contributed by atoms with Crippen LogP contribution in [0.15, 0.2) is 72.5 Å². The van der Waals surface area contributed by atoms with Gasteiger partial charge in [0.05, 0.1) is 40.1 Å². The van der Waals surface area contributed by atoms with Gasteiger partial charge in [0.2, 0.25) is 23.7 Å². The lowest BCUT2D eigenvalue weighted by Gasteiger charge is -2.42. The van der Waals surface area contributed by atoms with Crippen molar-refractivity contribution >= 4 is 46.5 Å². The number of aliphatic hydroxyl groups excluding tert-OH is 1. The molecular weight excluding hydrogens is 943 g/mol. The molecule has 18 nitrogen and oxygen atoms in total. The topological polar surface area (TPSA) is 222 Å². The van der Waals surface area contributed by atoms with Crippen LogP contribution in [-0.4, -0.2) is 156 Å². The minimum Gasteiger partial charge on any atom is -0.507 e. The zero-order valence-electron chi connectivity index (χ0n) is 42.4. The summed E-state index contributed by atoms with van der Waals surface area (Å²) in [6, 6.07) is 16.3. The van der Waals surface area contributed by atoms with Crippen molar-refractivity contribution in [3.8, 4) is 27.4 Å². The van der Waals surface area contributed by atoms with Gasteiger partial charge >= 0.3 is 0 Å². The third-order valence-corrected chi connectivity index (χ3v) is 16.8. The van der Waals surface area contributed by atoms with Gasteiger partial charge in [-0.2, -0.15) is 0 Å². The van der Waals surface area contributed by atoms with E-state index < -0.39 is 23.6 Å². The number of amides is 3. The number of carbonyl (C=O) groups is 3. The number of nitrogens with zero attached hydrogens (tertiary/aromatic N) is 10. The first-order valence-electron chi connectivity index (χ1n) is 25.9. The summed E-state index contributed by atoms with van der Waals surface area (Å²) in [7, 11) is 0. The Morgan fingerprint density at radius 2 is 1.55 bits per heavy atom. The van der Waals surface area contributed by atoms with Crippen LogP contribution < -0.4 is 26.2 Å². The highest BCUT2D eigenvalue weighted by molar-refractivity contribution is 7.13. The van der Waals surface area contributed by atoms with E-state index in [-0.39, 0.29) is 61.6 Å². The van der Waals surface area contributed by atoms with E-state index in [2.05, 4.69) is 45.4 Å². The van der Waals surface area contributed by atoms with Gasteiger partial charge in [-0.3, -0.25) is 24.2 Å². The lowest BCUT2D eigenvalue weighted by molar-refractivity contribution is -0.144. The number of nitrogen functional groups attached to an aromatic ring is 1. The Hall–Kier alpha value is -6.28. The average Bonchev–Trinajstić information content (AvgIpc) is 4.08. The van der Waals surface area contributed by atoms with Crippen molar-refractivity contribution < 1.29 is 24.6 Å². The second kappa shape index (κ2) is 21.3. The Labute approximate surface area is 431 Å². The number of anilines is 3. The molecule has 1 aliphatic carbocycles. The predicted molar refractivity (Wildman–Crippen MR) is 282 cm³/mol. The van der Waals surface area contributed by atoms with Crippen LogP contribution in [0.3, 0.4) is 0 Å². The summed E-state index contributed by atoms with van der Waals surface area (Å²) in [5, 5.41) is 35.7. The molecule has 3 unspecified atom stereocenters. The highest BCUT2D eigenvalue weighted by atomic mass is 32.1. The van der Waals surface area contributed by atoms with Gasteiger partial charge in [-0.1, -0.05) is 57.2 Å². The van der Waals surface area contributed by atoms with E-state index in [4.69, 9.17) is 15.7 Å². The number of carbonyl (C=O) groups excluding carboxylic acids is 3. The second-order valence-electron chi connectivity index (χ2n) is 21.8. The fourth-order valence-electron chi connectivity index (χ4n) is 11.8. The molecule has 3 aromatic heterocycles. The van der Waals surface area contributed by atoms with E-state index in [1.54, 1.807) is 23.5 Å². The third kappa shape index (κ3) is 11.0. The zero-order valence-corrected chi connectivity index (χ0v) is 43.2. The molecule has 5 aliphatic rings. The standard InChI is InChI=1S/C54H69N13O5S/c1-33-48(73-32-59-33)36-11-9-34(10-12-36)25-56-51(71)45-23-41(68)30-66(45)52(72)49(54(2,3)4)60-47(70)31-63-19-21-64(22-20-63)38-15-13-35(14-16-38)37-26-57-53(58-27-37)67-39-17-18-40(67)29-65(28-39)44-24-43(61-62-50(44)55)42-7-5-6-8-46(42)69/h5-12,24,26-27,32,35,38-41,45,49,68-69H,13-23,25,28-31H2,1-4H3,(H2,55,62)(H,56,71)(H,60,70)/t35-,38-,39?,40?,41-,45+,49?/m1/s1. The summed E-state index contributed by atoms with van der Waals surface area (Å²) < 4.78 is 0. The number of phenolic OH excluding ortho intramolecular Hbond substituents is 1. The summed E-state index contributed by atoms with van der Waals surface area (Å²) in [6.45, 7) is 13.0. The van der Waals surface area contributed by atoms with E-state index in [1.807, 2.05) is 88.1 Å². The number of β-amino-alcohol motifs (C(OH)–C–C–N with tert-alkyl or cyclic N) is 1. The van der Waals surface area contributed by atoms with E-state index >= 15 is 0 Å². The Morgan fingerprint density at radius 1 is 0.863 bits per heavy atom. The van der Waals surface area contributed by atoms with E-state index in [1.165, 1.54) is 10.5 Å². The van der Waals surface area contributed by atoms with Gasteiger partial charge in [0, 0.05) is 94.9 Å². The Bertz CT molecular complexity index is 2740. The fourth-order valence-corrected chi connectivity index (χ4v) is 12.6. The number of hydrogen-bond acceptors (Lipinski definition) is 16. The molecule has 5 atom stereocenters. The van der Waals surface area contributed by atoms with Crippen LogP contribution in [0.25, 0.3) is 21.7 Å². The van der Waals surface area contributed by atoms with Crippen molar-refractivity contribution in [1.29, 1.82) is 0 Å². The highest BCUT2D eigenvalue weighted by Gasteiger charge is 2.45. The van der Waals surface area contributed by atoms with Crippen LogP contribution in [0.2, 0.25) is 0 Å². The van der Waals surface area contributed by atoms with E-state index in [0.717, 1.165) is 111 Å². The molecule has 19 heteroatoms. The van der Waals surface area contributed by atoms with Crippen molar-refractivity contribution in [1.82, 2.24) is 50.5 Å². The number of phenols is 1. The monoisotopic (exact) mass is 1010 g/mol. The van der Waals surface area contributed by atoms with Crippen LogP contribution in [0.5, 0.6) is 5.75 Å². The summed E-state index contributed by atoms with van der Waals surface area (Å²) in [5.41, 5.74) is 13.8. The van der Waals surface area contributed by atoms with Crippen LogP contribution in [0.1, 0.15) is 88.5 Å². The largest absolute Gasteiger partial charge is 0.507 e. The van der Waals surface area contributed by atoms with Gasteiger partial charge in [-0.15, -0.1) is 21.5 Å². The number of benzene rings is 2. The van der Waals surface area contributed by atoms with Crippen molar-refractivity contribution in [3.05, 3.63) is 89.3 Å². The van der Waals surface area contributed by atoms with Crippen LogP contribution in [-0.2, 0) is 20.9 Å². The molecule has 5 aromatic rings. The first-order valence-corrected chi connectivity index (χ1v) is 26.8. The maximum atomic E-state index is 14.3. The number of aromatic nitrogens is 5. The summed E-state index contributed by atoms with van der Waals surface area (Å²) in [4.78, 5) is 67.8. The number of piperazine rings is 2. The molecule has 4 aliphatic heterocycles. The molecule has 10 rings (SSSR count). The lowest BCUT2D eigenvalue weighted by Crippen LogP contribution is -2.59. The Balaban J connectivity index is 0.670. The highest BCUT2D eigenvalue weighted by Crippen LogP contribution is 2.40. The molecule has 0 radical (unpaired) electrons. The average molecular weight is 1010 g/mol. The normalized spacial score (nSPS) is 24.2. The van der Waals surface area contributed by atoms with Crippen molar-refractivity contribution in [2.45, 2.75) is 121 Å². The van der Waals surface area contributed by atoms with Gasteiger partial charge in [-0.05, 0) is 91.7 Å². The molecule has 73 heavy (non-hydrogen) atoms. The number of para-hydroxylation sites is 1. The second-order valence-corrected chi connectivity index (χ2v) is 22.6. The van der Waals surface area contributed by atoms with Gasteiger partial charge in [-0.25, -0.2) is 15.0 Å².